The molecule has 1 rings (SSSR count). The summed E-state index contributed by atoms with van der Waals surface area (Å²) in [6.07, 6.45) is 3.28. The second-order valence-corrected chi connectivity index (χ2v) is 3.08. The Hall–Kier alpha value is -0.785. The van der Waals surface area contributed by atoms with Crippen LogP contribution in [0.25, 0.3) is 0 Å². The Bertz CT molecular complexity index is 255. The third-order valence-electron chi connectivity index (χ3n) is 2.06. The van der Waals surface area contributed by atoms with Crippen molar-refractivity contribution in [3.05, 3.63) is 30.3 Å². The van der Waals surface area contributed by atoms with Crippen molar-refractivity contribution in [2.24, 2.45) is 5.41 Å². The average molecular weight is 164 g/mol. The lowest BCUT2D eigenvalue weighted by atomic mass is 9.79. The summed E-state index contributed by atoms with van der Waals surface area (Å²) < 4.78 is 12.9. The van der Waals surface area contributed by atoms with Crippen molar-refractivity contribution in [2.75, 3.05) is 6.61 Å². The van der Waals surface area contributed by atoms with Gasteiger partial charge in [0.1, 0.15) is 0 Å². The summed E-state index contributed by atoms with van der Waals surface area (Å²) in [5.41, 5.74) is 1.87. The van der Waals surface area contributed by atoms with Crippen LogP contribution >= 0.6 is 0 Å². The number of hydrogen-bond acceptors (Lipinski definition) is 1. The zero-order valence-corrected chi connectivity index (χ0v) is 6.76. The fraction of sp³-hybridized carbons (Fsp3) is 0.444. The molecule has 3 heteroatoms. The minimum absolute atomic E-state index is 0.156. The van der Waals surface area contributed by atoms with E-state index in [-0.39, 0.29) is 12.4 Å². The first kappa shape index (κ1) is 9.30. The van der Waals surface area contributed by atoms with Crippen LogP contribution in [0.15, 0.2) is 30.3 Å². The number of aliphatic hydroxyl groups is 1. The van der Waals surface area contributed by atoms with Crippen LogP contribution in [0, 0.1) is 5.41 Å². The van der Waals surface area contributed by atoms with Crippen molar-refractivity contribution in [3.8, 4) is 0 Å². The van der Waals surface area contributed by atoms with Crippen molar-refractivity contribution in [1.29, 1.82) is 0 Å². The molecular formula is C9H10BFO. The topological polar surface area (TPSA) is 20.2 Å². The van der Waals surface area contributed by atoms with Crippen LogP contribution in [0.5, 0.6) is 0 Å². The van der Waals surface area contributed by atoms with Gasteiger partial charge in [-0.15, -0.1) is 5.73 Å². The lowest BCUT2D eigenvalue weighted by molar-refractivity contribution is 0.205. The normalized spacial score (nSPS) is 34.2. The molecule has 0 aromatic rings. The van der Waals surface area contributed by atoms with Gasteiger partial charge >= 0.3 is 0 Å². The van der Waals surface area contributed by atoms with Gasteiger partial charge in [0, 0.05) is 5.41 Å². The summed E-state index contributed by atoms with van der Waals surface area (Å²) in [7, 11) is 5.44. The molecule has 1 nitrogen and oxygen atoms in total. The Labute approximate surface area is 72.7 Å². The summed E-state index contributed by atoms with van der Waals surface area (Å²) >= 11 is 0. The molecule has 62 valence electrons. The monoisotopic (exact) mass is 164 g/mol. The fourth-order valence-electron chi connectivity index (χ4n) is 1.41. The van der Waals surface area contributed by atoms with Gasteiger partial charge in [-0.25, -0.2) is 4.39 Å². The molecule has 1 aliphatic rings. The minimum atomic E-state index is -0.675. The molecular weight excluding hydrogens is 154 g/mol. The molecule has 1 aliphatic carbocycles. The van der Waals surface area contributed by atoms with Crippen molar-refractivity contribution >= 4 is 7.85 Å². The van der Waals surface area contributed by atoms with E-state index in [1.54, 1.807) is 6.08 Å². The van der Waals surface area contributed by atoms with Crippen LogP contribution in [0.4, 0.5) is 4.39 Å². The third kappa shape index (κ3) is 1.52. The zero-order chi connectivity index (χ0) is 9.19. The summed E-state index contributed by atoms with van der Waals surface area (Å²) in [5, 5.41) is 9.02. The highest BCUT2D eigenvalue weighted by Crippen LogP contribution is 2.43. The lowest BCUT2D eigenvalue weighted by Gasteiger charge is -2.19. The molecule has 0 aromatic heterocycles. The predicted molar refractivity (Wildman–Crippen MR) is 46.5 cm³/mol. The van der Waals surface area contributed by atoms with Crippen molar-refractivity contribution in [2.45, 2.75) is 12.2 Å². The van der Waals surface area contributed by atoms with Crippen LogP contribution in [0.3, 0.4) is 0 Å². The summed E-state index contributed by atoms with van der Waals surface area (Å²) in [6.45, 7) is 3.23. The molecule has 0 saturated carbocycles. The first-order valence-electron chi connectivity index (χ1n) is 3.75. The van der Waals surface area contributed by atoms with Gasteiger partial charge in [-0.05, 0) is 24.4 Å². The second kappa shape index (κ2) is 3.30. The molecule has 0 aliphatic heterocycles. The second-order valence-electron chi connectivity index (χ2n) is 3.08. The Morgan fingerprint density at radius 3 is 3.00 bits per heavy atom. The Kier molecular flexibility index (Phi) is 2.56. The quantitative estimate of drug-likeness (QED) is 0.484. The molecule has 12 heavy (non-hydrogen) atoms. The molecule has 0 amide bonds. The van der Waals surface area contributed by atoms with E-state index in [1.165, 1.54) is 6.08 Å². The maximum Gasteiger partial charge on any atom is 0.0914 e. The number of allylic oxidation sites excluding steroid dienone is 1. The lowest BCUT2D eigenvalue weighted by Crippen LogP contribution is -2.17. The van der Waals surface area contributed by atoms with Gasteiger partial charge in [-0.3, -0.25) is 0 Å². The largest absolute Gasteiger partial charge is 0.395 e. The summed E-state index contributed by atoms with van der Waals surface area (Å²) in [6, 6.07) is 0. The molecule has 2 atom stereocenters. The van der Waals surface area contributed by atoms with Gasteiger partial charge in [0.2, 0.25) is 0 Å². The molecule has 1 N–H and O–H groups in total. The fourth-order valence-corrected chi connectivity index (χ4v) is 1.41. The van der Waals surface area contributed by atoms with Gasteiger partial charge in [0.25, 0.3) is 0 Å². The van der Waals surface area contributed by atoms with Crippen LogP contribution in [0.1, 0.15) is 6.42 Å². The van der Waals surface area contributed by atoms with Gasteiger partial charge in [-0.1, -0.05) is 6.58 Å². The maximum atomic E-state index is 12.9. The van der Waals surface area contributed by atoms with Gasteiger partial charge < -0.3 is 5.11 Å². The molecule has 0 unspecified atom stereocenters. The Balaban J connectivity index is 2.93. The molecule has 0 saturated heterocycles. The van der Waals surface area contributed by atoms with Crippen molar-refractivity contribution in [1.82, 2.24) is 0 Å². The first-order chi connectivity index (χ1) is 5.63. The van der Waals surface area contributed by atoms with E-state index in [9.17, 15) is 4.39 Å². The zero-order valence-electron chi connectivity index (χ0n) is 6.76. The van der Waals surface area contributed by atoms with Crippen LogP contribution in [-0.2, 0) is 0 Å². The average Bonchev–Trinajstić information content (AvgIpc) is 2.30. The maximum absolute atomic E-state index is 12.9. The SMILES string of the molecule is [B][C@@H]1C[C@](C=C=C)(CO)C=C1F. The standard InChI is InChI=1S/C9H10BFO/c1-2-3-9(6-12)4-7(10)8(11)5-9/h3,5,7,12H,1,4,6H2/t7-,9+/m1/s1. The molecule has 0 spiro atoms. The van der Waals surface area contributed by atoms with Gasteiger partial charge in [-0.2, -0.15) is 0 Å². The van der Waals surface area contributed by atoms with E-state index in [1.807, 2.05) is 0 Å². The minimum Gasteiger partial charge on any atom is -0.395 e. The van der Waals surface area contributed by atoms with Gasteiger partial charge in [0.15, 0.2) is 0 Å². The van der Waals surface area contributed by atoms with E-state index in [0.29, 0.717) is 6.42 Å². The van der Waals surface area contributed by atoms with E-state index in [2.05, 4.69) is 12.3 Å². The molecule has 0 heterocycles. The Morgan fingerprint density at radius 2 is 2.67 bits per heavy atom. The van der Waals surface area contributed by atoms with Crippen LogP contribution in [-0.4, -0.2) is 19.6 Å². The number of hydrogen-bond donors (Lipinski definition) is 1. The number of halogens is 1. The molecule has 0 bridgehead atoms. The first-order valence-corrected chi connectivity index (χ1v) is 3.75. The highest BCUT2D eigenvalue weighted by molar-refractivity contribution is 6.13. The predicted octanol–water partition coefficient (Wildman–Crippen LogP) is 1.52. The van der Waals surface area contributed by atoms with E-state index < -0.39 is 11.2 Å². The molecule has 2 radical (unpaired) electrons. The summed E-state index contributed by atoms with van der Waals surface area (Å²) in [5.74, 6) is -0.961. The van der Waals surface area contributed by atoms with E-state index in [4.69, 9.17) is 13.0 Å². The third-order valence-corrected chi connectivity index (χ3v) is 2.06. The molecule has 0 aromatic carbocycles. The Morgan fingerprint density at radius 1 is 2.00 bits per heavy atom. The smallest absolute Gasteiger partial charge is 0.0914 e. The molecule has 0 fully saturated rings. The van der Waals surface area contributed by atoms with E-state index >= 15 is 0 Å². The van der Waals surface area contributed by atoms with Crippen molar-refractivity contribution in [3.63, 3.8) is 0 Å². The van der Waals surface area contributed by atoms with Crippen LogP contribution in [0.2, 0.25) is 5.82 Å². The van der Waals surface area contributed by atoms with Crippen molar-refractivity contribution < 1.29 is 9.50 Å². The number of aliphatic hydroxyl groups excluding tert-OH is 1. The number of rotatable bonds is 2. The van der Waals surface area contributed by atoms with E-state index in [0.717, 1.165) is 0 Å². The highest BCUT2D eigenvalue weighted by atomic mass is 19.1. The van der Waals surface area contributed by atoms with Crippen LogP contribution < -0.4 is 0 Å². The highest BCUT2D eigenvalue weighted by Gasteiger charge is 2.34. The van der Waals surface area contributed by atoms with Gasteiger partial charge in [0.05, 0.1) is 20.3 Å². The summed E-state index contributed by atoms with van der Waals surface area (Å²) in [4.78, 5) is 0.